The standard InChI is InChI=1S/C4H6O6.Mg.2H/c5-2(1-3(6)7)4(8)10-9;;;/h2,5,9H,1H2,(H,6,7);;;. The van der Waals surface area contributed by atoms with Gasteiger partial charge in [-0.25, -0.2) is 4.79 Å². The van der Waals surface area contributed by atoms with E-state index in [0.717, 1.165) is 0 Å². The number of aliphatic hydroxyl groups is 1. The number of carboxylic acid groups (broad SMARTS) is 1. The van der Waals surface area contributed by atoms with Gasteiger partial charge in [-0.1, -0.05) is 0 Å². The second kappa shape index (κ2) is 6.34. The zero-order chi connectivity index (χ0) is 8.15. The van der Waals surface area contributed by atoms with E-state index in [1.807, 2.05) is 0 Å². The molecule has 3 N–H and O–H groups in total. The molecule has 6 nitrogen and oxygen atoms in total. The van der Waals surface area contributed by atoms with Crippen LogP contribution < -0.4 is 0 Å². The highest BCUT2D eigenvalue weighted by atomic mass is 24.3. The van der Waals surface area contributed by atoms with Crippen molar-refractivity contribution in [1.29, 1.82) is 0 Å². The highest BCUT2D eigenvalue weighted by Gasteiger charge is 2.19. The van der Waals surface area contributed by atoms with Crippen LogP contribution in [0.1, 0.15) is 6.42 Å². The van der Waals surface area contributed by atoms with Crippen LogP contribution in [-0.4, -0.2) is 56.6 Å². The fourth-order valence-electron chi connectivity index (χ4n) is 0.310. The summed E-state index contributed by atoms with van der Waals surface area (Å²) in [7, 11) is 0. The first-order chi connectivity index (χ1) is 4.57. The van der Waals surface area contributed by atoms with Crippen LogP contribution in [0.4, 0.5) is 0 Å². The van der Waals surface area contributed by atoms with Crippen molar-refractivity contribution in [3.8, 4) is 0 Å². The predicted octanol–water partition coefficient (Wildman–Crippen LogP) is -2.08. The number of aliphatic carboxylic acids is 1. The first-order valence-electron chi connectivity index (χ1n) is 2.33. The van der Waals surface area contributed by atoms with Gasteiger partial charge in [-0.3, -0.25) is 9.68 Å². The van der Waals surface area contributed by atoms with E-state index in [4.69, 9.17) is 15.5 Å². The Morgan fingerprint density at radius 2 is 1.91 bits per heavy atom. The SMILES string of the molecule is O=C(O)CC(O)C(=O)OO.[MgH2]. The van der Waals surface area contributed by atoms with Gasteiger partial charge >= 0.3 is 35.0 Å². The molecule has 0 amide bonds. The zero-order valence-corrected chi connectivity index (χ0v) is 4.85. The first-order valence-corrected chi connectivity index (χ1v) is 2.33. The first kappa shape index (κ1) is 13.2. The van der Waals surface area contributed by atoms with Crippen LogP contribution in [0.3, 0.4) is 0 Å². The molecule has 11 heavy (non-hydrogen) atoms. The molecule has 0 bridgehead atoms. The minimum Gasteiger partial charge on any atom is -0.481 e. The quantitative estimate of drug-likeness (QED) is 0.259. The van der Waals surface area contributed by atoms with Gasteiger partial charge < -0.3 is 10.2 Å². The van der Waals surface area contributed by atoms with Crippen molar-refractivity contribution >= 4 is 35.0 Å². The molecule has 1 unspecified atom stereocenters. The lowest BCUT2D eigenvalue weighted by atomic mass is 10.3. The van der Waals surface area contributed by atoms with Crippen molar-refractivity contribution in [3.05, 3.63) is 0 Å². The summed E-state index contributed by atoms with van der Waals surface area (Å²) in [6.45, 7) is 0. The molecule has 0 saturated heterocycles. The molecule has 0 rings (SSSR count). The smallest absolute Gasteiger partial charge is 0.370 e. The molecular weight excluding hydrogens is 168 g/mol. The summed E-state index contributed by atoms with van der Waals surface area (Å²) in [4.78, 5) is 22.9. The van der Waals surface area contributed by atoms with Crippen LogP contribution in [0.15, 0.2) is 0 Å². The number of carbonyl (C=O) groups is 2. The number of rotatable bonds is 3. The summed E-state index contributed by atoms with van der Waals surface area (Å²) in [6.07, 6.45) is -2.58. The van der Waals surface area contributed by atoms with E-state index in [-0.39, 0.29) is 23.1 Å². The van der Waals surface area contributed by atoms with Gasteiger partial charge in [0.05, 0.1) is 6.42 Å². The van der Waals surface area contributed by atoms with Gasteiger partial charge in [-0.15, -0.1) is 0 Å². The number of aliphatic hydroxyl groups excluding tert-OH is 1. The van der Waals surface area contributed by atoms with Gasteiger partial charge in [0.25, 0.3) is 0 Å². The van der Waals surface area contributed by atoms with Crippen LogP contribution in [0.2, 0.25) is 0 Å². The summed E-state index contributed by atoms with van der Waals surface area (Å²) in [6, 6.07) is 0. The van der Waals surface area contributed by atoms with E-state index in [1.165, 1.54) is 0 Å². The normalized spacial score (nSPS) is 11.1. The molecule has 0 aromatic carbocycles. The molecule has 0 aliphatic heterocycles. The Balaban J connectivity index is 0. The predicted molar refractivity (Wildman–Crippen MR) is 35.5 cm³/mol. The Hall–Kier alpha value is -0.374. The van der Waals surface area contributed by atoms with E-state index in [9.17, 15) is 9.59 Å². The van der Waals surface area contributed by atoms with Crippen LogP contribution in [0.5, 0.6) is 0 Å². The van der Waals surface area contributed by atoms with Crippen LogP contribution in [0.25, 0.3) is 0 Å². The number of carbonyl (C=O) groups excluding carboxylic acids is 1. The molecule has 0 radical (unpaired) electrons. The minimum absolute atomic E-state index is 0. The van der Waals surface area contributed by atoms with Crippen molar-refractivity contribution in [2.24, 2.45) is 0 Å². The average molecular weight is 176 g/mol. The Labute approximate surface area is 77.9 Å². The summed E-state index contributed by atoms with van der Waals surface area (Å²) in [5, 5.41) is 24.1. The maximum absolute atomic E-state index is 10.1. The highest BCUT2D eigenvalue weighted by molar-refractivity contribution is 5.80. The van der Waals surface area contributed by atoms with E-state index < -0.39 is 24.5 Å². The lowest BCUT2D eigenvalue weighted by molar-refractivity contribution is -0.242. The number of hydrogen-bond donors (Lipinski definition) is 3. The van der Waals surface area contributed by atoms with E-state index in [0.29, 0.717) is 0 Å². The summed E-state index contributed by atoms with van der Waals surface area (Å²) >= 11 is 0. The third kappa shape index (κ3) is 6.04. The van der Waals surface area contributed by atoms with E-state index in [1.54, 1.807) is 0 Å². The van der Waals surface area contributed by atoms with E-state index in [2.05, 4.69) is 4.89 Å². The third-order valence-corrected chi connectivity index (χ3v) is 0.730. The van der Waals surface area contributed by atoms with Crippen molar-refractivity contribution in [2.45, 2.75) is 12.5 Å². The molecule has 7 heteroatoms. The average Bonchev–Trinajstić information content (AvgIpc) is 1.85. The second-order valence-corrected chi connectivity index (χ2v) is 1.52. The maximum atomic E-state index is 10.1. The van der Waals surface area contributed by atoms with Gasteiger partial charge in [-0.2, -0.15) is 5.26 Å². The Bertz CT molecular complexity index is 146. The van der Waals surface area contributed by atoms with Crippen molar-refractivity contribution in [2.75, 3.05) is 0 Å². The summed E-state index contributed by atoms with van der Waals surface area (Å²) in [5.41, 5.74) is 0. The maximum Gasteiger partial charge on any atom is 0.370 e. The molecule has 0 spiro atoms. The van der Waals surface area contributed by atoms with Crippen LogP contribution in [0, 0.1) is 0 Å². The highest BCUT2D eigenvalue weighted by Crippen LogP contribution is 1.92. The Morgan fingerprint density at radius 3 is 2.18 bits per heavy atom. The van der Waals surface area contributed by atoms with Crippen molar-refractivity contribution in [3.63, 3.8) is 0 Å². The summed E-state index contributed by atoms with van der Waals surface area (Å²) in [5.74, 6) is -2.72. The third-order valence-electron chi connectivity index (χ3n) is 0.730. The molecule has 0 fully saturated rings. The molecule has 0 aromatic heterocycles. The fourth-order valence-corrected chi connectivity index (χ4v) is 0.310. The summed E-state index contributed by atoms with van der Waals surface area (Å²) < 4.78 is 0. The molecular formula is C4H8MgO6. The minimum atomic E-state index is -1.80. The Morgan fingerprint density at radius 1 is 1.45 bits per heavy atom. The van der Waals surface area contributed by atoms with Crippen LogP contribution >= 0.6 is 0 Å². The molecule has 62 valence electrons. The molecule has 0 aliphatic rings. The lowest BCUT2D eigenvalue weighted by Gasteiger charge is -2.00. The topological polar surface area (TPSA) is 104 Å². The van der Waals surface area contributed by atoms with Gasteiger partial charge in [0.1, 0.15) is 0 Å². The lowest BCUT2D eigenvalue weighted by Crippen LogP contribution is -2.24. The molecule has 0 saturated carbocycles. The monoisotopic (exact) mass is 176 g/mol. The zero-order valence-electron chi connectivity index (χ0n) is 4.85. The Kier molecular flexibility index (Phi) is 7.63. The van der Waals surface area contributed by atoms with Crippen LogP contribution in [-0.2, 0) is 14.5 Å². The molecule has 1 atom stereocenters. The van der Waals surface area contributed by atoms with Gasteiger partial charge in [0.15, 0.2) is 6.10 Å². The van der Waals surface area contributed by atoms with Gasteiger partial charge in [0.2, 0.25) is 0 Å². The fraction of sp³-hybridized carbons (Fsp3) is 0.500. The van der Waals surface area contributed by atoms with Crippen molar-refractivity contribution < 1.29 is 29.9 Å². The van der Waals surface area contributed by atoms with Gasteiger partial charge in [0, 0.05) is 0 Å². The molecule has 0 aliphatic carbocycles. The molecule has 0 aromatic rings. The number of carboxylic acids is 1. The number of hydrogen-bond acceptors (Lipinski definition) is 5. The van der Waals surface area contributed by atoms with E-state index >= 15 is 0 Å². The van der Waals surface area contributed by atoms with Crippen molar-refractivity contribution in [1.82, 2.24) is 0 Å². The van der Waals surface area contributed by atoms with Gasteiger partial charge in [-0.05, 0) is 0 Å². The molecule has 0 heterocycles. The second-order valence-electron chi connectivity index (χ2n) is 1.52. The largest absolute Gasteiger partial charge is 0.481 e.